The van der Waals surface area contributed by atoms with Crippen molar-refractivity contribution in [2.75, 3.05) is 13.2 Å². The summed E-state index contributed by atoms with van der Waals surface area (Å²) in [5, 5.41) is 5.78. The average Bonchev–Trinajstić information content (AvgIpc) is 2.88. The van der Waals surface area contributed by atoms with Crippen molar-refractivity contribution in [1.82, 2.24) is 10.6 Å². The molecule has 2 amide bonds. The second-order valence-electron chi connectivity index (χ2n) is 5.25. The van der Waals surface area contributed by atoms with E-state index in [1.165, 1.54) is 29.0 Å². The van der Waals surface area contributed by atoms with Gasteiger partial charge in [-0.1, -0.05) is 0 Å². The molecular formula is C15H24N2O2S. The number of hydrogen-bond acceptors (Lipinski definition) is 3. The first-order valence-electron chi connectivity index (χ1n) is 7.42. The van der Waals surface area contributed by atoms with Gasteiger partial charge in [0.25, 0.3) is 0 Å². The van der Waals surface area contributed by atoms with Crippen LogP contribution in [0.4, 0.5) is 4.79 Å². The quantitative estimate of drug-likeness (QED) is 0.792. The van der Waals surface area contributed by atoms with E-state index >= 15 is 0 Å². The summed E-state index contributed by atoms with van der Waals surface area (Å²) >= 11 is 1.72. The van der Waals surface area contributed by atoms with E-state index in [1.807, 2.05) is 0 Å². The van der Waals surface area contributed by atoms with Crippen LogP contribution in [0.15, 0.2) is 12.1 Å². The van der Waals surface area contributed by atoms with Crippen LogP contribution in [-0.4, -0.2) is 25.3 Å². The summed E-state index contributed by atoms with van der Waals surface area (Å²) in [4.78, 5) is 14.1. The summed E-state index contributed by atoms with van der Waals surface area (Å²) in [6.07, 6.45) is 6.07. The lowest BCUT2D eigenvalue weighted by Gasteiger charge is -2.22. The summed E-state index contributed by atoms with van der Waals surface area (Å²) in [5.41, 5.74) is 0. The Bertz CT molecular complexity index is 414. The molecule has 0 aliphatic carbocycles. The van der Waals surface area contributed by atoms with E-state index in [2.05, 4.69) is 29.7 Å². The highest BCUT2D eigenvalue weighted by Crippen LogP contribution is 2.16. The lowest BCUT2D eigenvalue weighted by Crippen LogP contribution is -2.35. The van der Waals surface area contributed by atoms with Gasteiger partial charge in [0.15, 0.2) is 0 Å². The van der Waals surface area contributed by atoms with Crippen LogP contribution >= 0.6 is 11.3 Å². The number of hydrogen-bond donors (Lipinski definition) is 2. The van der Waals surface area contributed by atoms with Crippen LogP contribution in [0.25, 0.3) is 0 Å². The van der Waals surface area contributed by atoms with Crippen molar-refractivity contribution in [2.45, 2.75) is 51.7 Å². The molecule has 1 saturated heterocycles. The minimum absolute atomic E-state index is 0.0828. The lowest BCUT2D eigenvalue weighted by molar-refractivity contribution is 0.0103. The van der Waals surface area contributed by atoms with Gasteiger partial charge >= 0.3 is 6.03 Å². The number of ether oxygens (including phenoxy) is 1. The molecule has 5 heteroatoms. The maximum absolute atomic E-state index is 11.6. The molecule has 1 aliphatic rings. The van der Waals surface area contributed by atoms with Gasteiger partial charge < -0.3 is 15.4 Å². The number of rotatable bonds is 6. The molecule has 2 rings (SSSR count). The lowest BCUT2D eigenvalue weighted by atomic mass is 10.0. The molecule has 0 unspecified atom stereocenters. The maximum Gasteiger partial charge on any atom is 0.315 e. The van der Waals surface area contributed by atoms with Crippen molar-refractivity contribution >= 4 is 17.4 Å². The van der Waals surface area contributed by atoms with Gasteiger partial charge in [-0.15, -0.1) is 11.3 Å². The van der Waals surface area contributed by atoms with E-state index in [0.29, 0.717) is 12.6 Å². The van der Waals surface area contributed by atoms with Crippen LogP contribution in [0.3, 0.4) is 0 Å². The first kappa shape index (κ1) is 15.3. The number of carbonyl (C=O) groups excluding carboxylic acids is 1. The minimum Gasteiger partial charge on any atom is -0.378 e. The molecule has 1 aromatic rings. The molecule has 2 N–H and O–H groups in total. The first-order valence-corrected chi connectivity index (χ1v) is 8.24. The van der Waals surface area contributed by atoms with Crippen LogP contribution in [-0.2, 0) is 11.3 Å². The summed E-state index contributed by atoms with van der Waals surface area (Å²) < 4.78 is 5.67. The summed E-state index contributed by atoms with van der Waals surface area (Å²) in [6, 6.07) is 4.05. The molecular weight excluding hydrogens is 272 g/mol. The van der Waals surface area contributed by atoms with Crippen LogP contribution in [0, 0.1) is 6.92 Å². The van der Waals surface area contributed by atoms with Crippen molar-refractivity contribution < 1.29 is 9.53 Å². The van der Waals surface area contributed by atoms with Crippen molar-refractivity contribution in [1.29, 1.82) is 0 Å². The highest BCUT2D eigenvalue weighted by molar-refractivity contribution is 7.11. The Hall–Kier alpha value is -1.07. The summed E-state index contributed by atoms with van der Waals surface area (Å²) in [6.45, 7) is 4.30. The summed E-state index contributed by atoms with van der Waals surface area (Å²) in [7, 11) is 0. The zero-order valence-electron chi connectivity index (χ0n) is 12.1. The highest BCUT2D eigenvalue weighted by Gasteiger charge is 2.13. The molecule has 0 aromatic carbocycles. The normalized spacial score (nSPS) is 18.8. The van der Waals surface area contributed by atoms with E-state index < -0.39 is 0 Å². The Morgan fingerprint density at radius 1 is 1.40 bits per heavy atom. The van der Waals surface area contributed by atoms with Gasteiger partial charge in [0.05, 0.1) is 12.6 Å². The first-order chi connectivity index (χ1) is 9.74. The molecule has 2 heterocycles. The molecule has 112 valence electrons. The van der Waals surface area contributed by atoms with Gasteiger partial charge in [-0.05, 0) is 51.2 Å². The largest absolute Gasteiger partial charge is 0.378 e. The van der Waals surface area contributed by atoms with Gasteiger partial charge in [-0.25, -0.2) is 4.79 Å². The van der Waals surface area contributed by atoms with E-state index in [0.717, 1.165) is 26.0 Å². The molecule has 0 spiro atoms. The van der Waals surface area contributed by atoms with E-state index in [9.17, 15) is 4.79 Å². The second-order valence-corrected chi connectivity index (χ2v) is 6.63. The fraction of sp³-hybridized carbons (Fsp3) is 0.667. The van der Waals surface area contributed by atoms with E-state index in [-0.39, 0.29) is 6.03 Å². The van der Waals surface area contributed by atoms with Crippen molar-refractivity contribution in [3.05, 3.63) is 21.9 Å². The SMILES string of the molecule is Cc1ccc(CNC(=O)NCCC[C@H]2CCCCO2)s1. The minimum atomic E-state index is -0.0828. The number of carbonyl (C=O) groups is 1. The van der Waals surface area contributed by atoms with Gasteiger partial charge in [0.1, 0.15) is 0 Å². The Morgan fingerprint density at radius 2 is 2.30 bits per heavy atom. The molecule has 1 atom stereocenters. The zero-order chi connectivity index (χ0) is 14.2. The monoisotopic (exact) mass is 296 g/mol. The smallest absolute Gasteiger partial charge is 0.315 e. The van der Waals surface area contributed by atoms with Gasteiger partial charge in [0, 0.05) is 22.9 Å². The zero-order valence-corrected chi connectivity index (χ0v) is 12.9. The molecule has 1 aromatic heterocycles. The Balaban J connectivity index is 1.51. The number of amides is 2. The fourth-order valence-electron chi connectivity index (χ4n) is 2.38. The number of urea groups is 1. The predicted octanol–water partition coefficient (Wildman–Crippen LogP) is 3.21. The van der Waals surface area contributed by atoms with Gasteiger partial charge in [-0.3, -0.25) is 0 Å². The van der Waals surface area contributed by atoms with Crippen LogP contribution in [0.5, 0.6) is 0 Å². The van der Waals surface area contributed by atoms with Crippen molar-refractivity contribution in [3.8, 4) is 0 Å². The van der Waals surface area contributed by atoms with Gasteiger partial charge in [0.2, 0.25) is 0 Å². The van der Waals surface area contributed by atoms with Crippen LogP contribution < -0.4 is 10.6 Å². The molecule has 0 saturated carbocycles. The molecule has 0 bridgehead atoms. The third-order valence-corrected chi connectivity index (χ3v) is 4.48. The molecule has 0 radical (unpaired) electrons. The topological polar surface area (TPSA) is 50.4 Å². The Morgan fingerprint density at radius 3 is 3.00 bits per heavy atom. The third kappa shape index (κ3) is 5.51. The molecule has 1 fully saturated rings. The maximum atomic E-state index is 11.6. The standard InChI is InChI=1S/C15H24N2O2S/c1-12-7-8-14(20-12)11-17-15(18)16-9-4-6-13-5-2-3-10-19-13/h7-8,13H,2-6,9-11H2,1H3,(H2,16,17,18)/t13-/m1/s1. The van der Waals surface area contributed by atoms with Crippen molar-refractivity contribution in [2.24, 2.45) is 0 Å². The average molecular weight is 296 g/mol. The highest BCUT2D eigenvalue weighted by atomic mass is 32.1. The number of aryl methyl sites for hydroxylation is 1. The van der Waals surface area contributed by atoms with Crippen LogP contribution in [0.1, 0.15) is 41.9 Å². The summed E-state index contributed by atoms with van der Waals surface area (Å²) in [5.74, 6) is 0. The van der Waals surface area contributed by atoms with Gasteiger partial charge in [-0.2, -0.15) is 0 Å². The van der Waals surface area contributed by atoms with E-state index in [4.69, 9.17) is 4.74 Å². The van der Waals surface area contributed by atoms with Crippen molar-refractivity contribution in [3.63, 3.8) is 0 Å². The molecule has 4 nitrogen and oxygen atoms in total. The number of thiophene rings is 1. The Kier molecular flexibility index (Phi) is 6.33. The fourth-order valence-corrected chi connectivity index (χ4v) is 3.21. The number of nitrogens with one attached hydrogen (secondary N) is 2. The molecule has 1 aliphatic heterocycles. The van der Waals surface area contributed by atoms with E-state index in [1.54, 1.807) is 11.3 Å². The van der Waals surface area contributed by atoms with Crippen LogP contribution in [0.2, 0.25) is 0 Å². The predicted molar refractivity (Wildman–Crippen MR) is 82.1 cm³/mol. The second kappa shape index (κ2) is 8.27. The molecule has 20 heavy (non-hydrogen) atoms. The third-order valence-electron chi connectivity index (χ3n) is 3.48. The Labute approximate surface area is 124 Å².